The molecule has 1 nitrogen and oxygen atoms in total. The van der Waals surface area contributed by atoms with E-state index in [4.69, 9.17) is 4.98 Å². The summed E-state index contributed by atoms with van der Waals surface area (Å²) in [5, 5.41) is 5.30. The fourth-order valence-corrected chi connectivity index (χ4v) is 10.2. The van der Waals surface area contributed by atoms with E-state index in [0.717, 1.165) is 11.4 Å². The quantitative estimate of drug-likeness (QED) is 0.177. The average molecular weight is 708 g/mol. The molecule has 3 heterocycles. The molecule has 6 aromatic carbocycles. The predicted molar refractivity (Wildman–Crippen MR) is 229 cm³/mol. The number of rotatable bonds is 4. The van der Waals surface area contributed by atoms with E-state index in [1.807, 2.05) is 22.7 Å². The third-order valence-electron chi connectivity index (χ3n) is 10.2. The minimum atomic E-state index is -0.159. The van der Waals surface area contributed by atoms with Crippen molar-refractivity contribution in [3.8, 4) is 44.5 Å². The van der Waals surface area contributed by atoms with Gasteiger partial charge in [-0.15, -0.1) is 22.7 Å². The zero-order chi connectivity index (χ0) is 35.8. The van der Waals surface area contributed by atoms with Gasteiger partial charge in [-0.2, -0.15) is 0 Å². The standard InChI is InChI=1S/C49H41NS2/c1-48(2,3)46-40(32-17-11-15-30(27-32)34-21-13-23-38-36-19-7-9-25-42(36)51-44(34)38)29-41(47(50-46)49(4,5)6)33-18-12-16-31(28-33)35-22-14-24-39-37-20-8-10-26-43(37)52-45(35)39/h7-29H,1-6H3. The van der Waals surface area contributed by atoms with Crippen molar-refractivity contribution in [1.82, 2.24) is 4.98 Å². The molecule has 9 rings (SSSR count). The molecule has 52 heavy (non-hydrogen) atoms. The topological polar surface area (TPSA) is 12.9 Å². The van der Waals surface area contributed by atoms with Crippen molar-refractivity contribution >= 4 is 63.0 Å². The van der Waals surface area contributed by atoms with Gasteiger partial charge in [0.25, 0.3) is 0 Å². The van der Waals surface area contributed by atoms with Gasteiger partial charge in [0.1, 0.15) is 0 Å². The van der Waals surface area contributed by atoms with Crippen molar-refractivity contribution in [2.45, 2.75) is 52.4 Å². The van der Waals surface area contributed by atoms with Gasteiger partial charge in [0.15, 0.2) is 0 Å². The Hall–Kier alpha value is -5.09. The van der Waals surface area contributed by atoms with Crippen molar-refractivity contribution in [3.63, 3.8) is 0 Å². The van der Waals surface area contributed by atoms with Crippen LogP contribution in [0.4, 0.5) is 0 Å². The van der Waals surface area contributed by atoms with E-state index in [9.17, 15) is 0 Å². The third-order valence-corrected chi connectivity index (χ3v) is 12.7. The second-order valence-corrected chi connectivity index (χ2v) is 18.1. The smallest absolute Gasteiger partial charge is 0.0539 e. The van der Waals surface area contributed by atoms with Gasteiger partial charge in [-0.3, -0.25) is 4.98 Å². The van der Waals surface area contributed by atoms with Gasteiger partial charge in [-0.05, 0) is 63.7 Å². The van der Waals surface area contributed by atoms with Crippen molar-refractivity contribution in [2.75, 3.05) is 0 Å². The van der Waals surface area contributed by atoms with Gasteiger partial charge in [0, 0.05) is 62.3 Å². The first-order valence-electron chi connectivity index (χ1n) is 18.1. The van der Waals surface area contributed by atoms with Crippen molar-refractivity contribution in [3.05, 3.63) is 151 Å². The molecule has 9 aromatic rings. The van der Waals surface area contributed by atoms with Gasteiger partial charge in [-0.25, -0.2) is 0 Å². The maximum absolute atomic E-state index is 5.63. The minimum Gasteiger partial charge on any atom is -0.255 e. The molecule has 0 bridgehead atoms. The molecule has 0 radical (unpaired) electrons. The molecule has 0 aliphatic heterocycles. The highest BCUT2D eigenvalue weighted by molar-refractivity contribution is 7.26. The largest absolute Gasteiger partial charge is 0.255 e. The number of nitrogens with zero attached hydrogens (tertiary/aromatic N) is 1. The van der Waals surface area contributed by atoms with Crippen LogP contribution in [0.25, 0.3) is 84.9 Å². The summed E-state index contributed by atoms with van der Waals surface area (Å²) in [4.78, 5) is 5.63. The molecule has 0 aliphatic rings. The molecule has 0 amide bonds. The molecule has 0 aliphatic carbocycles. The normalized spacial score (nSPS) is 12.4. The van der Waals surface area contributed by atoms with Crippen LogP contribution in [0.1, 0.15) is 52.9 Å². The lowest BCUT2D eigenvalue weighted by molar-refractivity contribution is 0.534. The van der Waals surface area contributed by atoms with Gasteiger partial charge in [0.05, 0.1) is 11.4 Å². The summed E-state index contributed by atoms with van der Waals surface area (Å²) >= 11 is 3.77. The Morgan fingerprint density at radius 3 is 1.15 bits per heavy atom. The zero-order valence-corrected chi connectivity index (χ0v) is 32.2. The summed E-state index contributed by atoms with van der Waals surface area (Å²) in [7, 11) is 0. The van der Waals surface area contributed by atoms with Gasteiger partial charge < -0.3 is 0 Å². The number of fused-ring (bicyclic) bond motifs is 6. The highest BCUT2D eigenvalue weighted by Crippen LogP contribution is 2.45. The van der Waals surface area contributed by atoms with Crippen LogP contribution in [0, 0.1) is 0 Å². The summed E-state index contributed by atoms with van der Waals surface area (Å²) in [5.74, 6) is 0. The van der Waals surface area contributed by atoms with E-state index in [2.05, 4.69) is 181 Å². The molecule has 0 unspecified atom stereocenters. The van der Waals surface area contributed by atoms with Crippen molar-refractivity contribution in [1.29, 1.82) is 0 Å². The van der Waals surface area contributed by atoms with Crippen LogP contribution in [0.15, 0.2) is 140 Å². The lowest BCUT2D eigenvalue weighted by Gasteiger charge is -2.29. The first kappa shape index (κ1) is 32.8. The van der Waals surface area contributed by atoms with E-state index in [1.54, 1.807) is 0 Å². The van der Waals surface area contributed by atoms with Crippen molar-refractivity contribution in [2.24, 2.45) is 0 Å². The van der Waals surface area contributed by atoms with Crippen LogP contribution in [0.5, 0.6) is 0 Å². The molecular formula is C49H41NS2. The highest BCUT2D eigenvalue weighted by Gasteiger charge is 2.29. The Balaban J connectivity index is 1.23. The maximum atomic E-state index is 5.63. The maximum Gasteiger partial charge on any atom is 0.0539 e. The highest BCUT2D eigenvalue weighted by atomic mass is 32.1. The number of thiophene rings is 2. The monoisotopic (exact) mass is 707 g/mol. The summed E-state index contributed by atoms with van der Waals surface area (Å²) in [5.41, 5.74) is 11.7. The lowest BCUT2D eigenvalue weighted by Crippen LogP contribution is -2.22. The Morgan fingerprint density at radius 2 is 0.731 bits per heavy atom. The molecule has 254 valence electrons. The SMILES string of the molecule is CC(C)(C)c1nc(C(C)(C)C)c(-c2cccc(-c3cccc4c3sc3ccccc34)c2)cc1-c1cccc(-c2cccc3c2sc2ccccc23)c1. The average Bonchev–Trinajstić information content (AvgIpc) is 3.72. The summed E-state index contributed by atoms with van der Waals surface area (Å²) < 4.78 is 5.33. The predicted octanol–water partition coefficient (Wildman–Crippen LogP) is 15.1. The molecule has 0 fully saturated rings. The molecule has 3 aromatic heterocycles. The molecule has 0 saturated heterocycles. The van der Waals surface area contributed by atoms with E-state index >= 15 is 0 Å². The zero-order valence-electron chi connectivity index (χ0n) is 30.5. The van der Waals surface area contributed by atoms with Crippen LogP contribution in [-0.2, 0) is 10.8 Å². The number of benzene rings is 6. The van der Waals surface area contributed by atoms with Crippen molar-refractivity contribution < 1.29 is 0 Å². The van der Waals surface area contributed by atoms with Gasteiger partial charge in [0.2, 0.25) is 0 Å². The van der Waals surface area contributed by atoms with Crippen LogP contribution in [0.3, 0.4) is 0 Å². The van der Waals surface area contributed by atoms with Crippen LogP contribution >= 0.6 is 22.7 Å². The van der Waals surface area contributed by atoms with Gasteiger partial charge in [-0.1, -0.05) is 151 Å². The summed E-state index contributed by atoms with van der Waals surface area (Å²) in [6.45, 7) is 13.7. The fourth-order valence-electron chi connectivity index (χ4n) is 7.75. The summed E-state index contributed by atoms with van der Waals surface area (Å²) in [6.07, 6.45) is 0. The molecule has 0 atom stereocenters. The fraction of sp³-hybridized carbons (Fsp3) is 0.163. The van der Waals surface area contributed by atoms with E-state index in [0.29, 0.717) is 0 Å². The Kier molecular flexibility index (Phi) is 7.73. The number of hydrogen-bond acceptors (Lipinski definition) is 3. The van der Waals surface area contributed by atoms with Crippen LogP contribution in [-0.4, -0.2) is 4.98 Å². The minimum absolute atomic E-state index is 0.159. The van der Waals surface area contributed by atoms with Gasteiger partial charge >= 0.3 is 0 Å². The number of hydrogen-bond donors (Lipinski definition) is 0. The second-order valence-electron chi connectivity index (χ2n) is 16.0. The summed E-state index contributed by atoms with van der Waals surface area (Å²) in [6, 6.07) is 51.7. The Labute approximate surface area is 314 Å². The Bertz CT molecular complexity index is 2630. The number of aromatic nitrogens is 1. The van der Waals surface area contributed by atoms with Crippen LogP contribution in [0.2, 0.25) is 0 Å². The molecule has 0 spiro atoms. The Morgan fingerprint density at radius 1 is 0.365 bits per heavy atom. The number of pyridine rings is 1. The van der Waals surface area contributed by atoms with E-state index in [1.165, 1.54) is 84.9 Å². The van der Waals surface area contributed by atoms with E-state index in [-0.39, 0.29) is 10.8 Å². The first-order valence-corrected chi connectivity index (χ1v) is 19.8. The molecule has 0 saturated carbocycles. The molecule has 0 N–H and O–H groups in total. The lowest BCUT2D eigenvalue weighted by atomic mass is 9.80. The van der Waals surface area contributed by atoms with Crippen LogP contribution < -0.4 is 0 Å². The third kappa shape index (κ3) is 5.55. The van der Waals surface area contributed by atoms with E-state index < -0.39 is 0 Å². The molecule has 3 heteroatoms. The first-order chi connectivity index (χ1) is 25.0. The molecular weight excluding hydrogens is 667 g/mol. The second kappa shape index (κ2) is 12.3.